The Bertz CT molecular complexity index is 224. The Kier molecular flexibility index (Phi) is 75.9. The van der Waals surface area contributed by atoms with Crippen LogP contribution in [0.2, 0.25) is 0 Å². The second-order valence-electron chi connectivity index (χ2n) is 0.896. The minimum atomic E-state index is -3.83. The molecule has 0 unspecified atom stereocenters. The second kappa shape index (κ2) is 24.3. The van der Waals surface area contributed by atoms with Crippen LogP contribution in [0.4, 0.5) is 0 Å². The molecule has 0 aromatic carbocycles. The van der Waals surface area contributed by atoms with E-state index < -0.39 is 18.1 Å². The Morgan fingerprint density at radius 3 is 0.688 bits per heavy atom. The topological polar surface area (TPSA) is 178 Å². The summed E-state index contributed by atoms with van der Waals surface area (Å²) in [7, 11) is -7.67. The van der Waals surface area contributed by atoms with E-state index in [4.69, 9.17) is 26.6 Å². The fourth-order valence-electron chi connectivity index (χ4n) is 0. The van der Waals surface area contributed by atoms with Crippen LogP contribution in [0.1, 0.15) is 0 Å². The van der Waals surface area contributed by atoms with E-state index in [-0.39, 0.29) is 122 Å². The molecule has 0 atom stereocenters. The SMILES string of the molecule is O.O.O=S(O)(O)=S.O=S(O)(O)=S.[Au].[Na].[Na].[Na]. The van der Waals surface area contributed by atoms with Gasteiger partial charge in [0.1, 0.15) is 0 Å². The maximum Gasteiger partial charge on any atom is 0.263 e. The summed E-state index contributed by atoms with van der Waals surface area (Å²) in [6.45, 7) is 0. The Morgan fingerprint density at radius 2 is 0.688 bits per heavy atom. The molecular weight excluding hydrogens is 522 g/mol. The molecule has 0 saturated carbocycles. The van der Waals surface area contributed by atoms with Crippen molar-refractivity contribution in [2.45, 2.75) is 0 Å². The monoisotopic (exact) mass is 530 g/mol. The Morgan fingerprint density at radius 1 is 0.688 bits per heavy atom. The molecule has 8 N–H and O–H groups in total. The molecule has 4 radical (unpaired) electrons. The van der Waals surface area contributed by atoms with Crippen molar-refractivity contribution in [3.63, 3.8) is 0 Å². The standard InChI is InChI=1S/Au.3Na.2H2O3S2.2H2O/c;;;;2*1-5(2,3)4;;/h;;;;2*(H2,1,2,3,4);2*1H2. The van der Waals surface area contributed by atoms with Gasteiger partial charge in [0.05, 0.1) is 0 Å². The van der Waals surface area contributed by atoms with Crippen LogP contribution >= 0.6 is 0 Å². The van der Waals surface area contributed by atoms with Crippen LogP contribution in [-0.4, -0.2) is 126 Å². The van der Waals surface area contributed by atoms with Crippen molar-refractivity contribution in [2.24, 2.45) is 0 Å². The van der Waals surface area contributed by atoms with Gasteiger partial charge in [0.2, 0.25) is 0 Å². The maximum atomic E-state index is 9.11. The van der Waals surface area contributed by atoms with Crippen LogP contribution in [-0.2, 0) is 62.9 Å². The zero-order valence-corrected chi connectivity index (χ0v) is 20.0. The van der Waals surface area contributed by atoms with Crippen LogP contribution < -0.4 is 0 Å². The summed E-state index contributed by atoms with van der Waals surface area (Å²) >= 11 is 6.93. The smallest absolute Gasteiger partial charge is 0.263 e. The van der Waals surface area contributed by atoms with E-state index in [9.17, 15) is 0 Å². The molecule has 16 heavy (non-hydrogen) atoms. The van der Waals surface area contributed by atoms with Crippen LogP contribution in [0.25, 0.3) is 0 Å². The second-order valence-corrected chi connectivity index (χ2v) is 5.29. The van der Waals surface area contributed by atoms with Crippen LogP contribution in [0.15, 0.2) is 0 Å². The zero-order chi connectivity index (χ0) is 9.00. The fraction of sp³-hybridized carbons (Fsp3) is 0. The Labute approximate surface area is 185 Å². The van der Waals surface area contributed by atoms with Crippen molar-refractivity contribution >= 4 is 129 Å². The van der Waals surface area contributed by atoms with Crippen molar-refractivity contribution in [2.75, 3.05) is 0 Å². The molecule has 0 aliphatic rings. The van der Waals surface area contributed by atoms with Gasteiger partial charge in [-0.25, -0.2) is 0 Å². The first kappa shape index (κ1) is 50.0. The minimum absolute atomic E-state index is 0. The first-order valence-corrected chi connectivity index (χ1v) is 6.19. The maximum absolute atomic E-state index is 9.11. The predicted octanol–water partition coefficient (Wildman–Crippen LogP) is -3.44. The summed E-state index contributed by atoms with van der Waals surface area (Å²) in [5.74, 6) is 0. The third kappa shape index (κ3) is 302. The summed E-state index contributed by atoms with van der Waals surface area (Å²) in [6, 6.07) is 0. The van der Waals surface area contributed by atoms with Crippen molar-refractivity contribution in [1.29, 1.82) is 0 Å². The van der Waals surface area contributed by atoms with Crippen molar-refractivity contribution in [1.82, 2.24) is 0 Å². The molecule has 0 fully saturated rings. The third-order valence-corrected chi connectivity index (χ3v) is 0. The molecule has 0 aromatic rings. The number of rotatable bonds is 0. The van der Waals surface area contributed by atoms with Crippen LogP contribution in [0.3, 0.4) is 0 Å². The predicted molar refractivity (Wildman–Crippen MR) is 66.0 cm³/mol. The van der Waals surface area contributed by atoms with Crippen LogP contribution in [0.5, 0.6) is 0 Å². The molecule has 0 spiro atoms. The Balaban J connectivity index is -0.00000000970. The van der Waals surface area contributed by atoms with E-state index >= 15 is 0 Å². The zero-order valence-electron chi connectivity index (χ0n) is 8.54. The van der Waals surface area contributed by atoms with Crippen molar-refractivity contribution in [3.8, 4) is 0 Å². The Hall–Kier alpha value is 4.24. The van der Waals surface area contributed by atoms with Crippen molar-refractivity contribution < 1.29 is 60.0 Å². The van der Waals surface area contributed by atoms with Gasteiger partial charge in [-0.05, 0) is 0 Å². The van der Waals surface area contributed by atoms with Crippen molar-refractivity contribution in [3.05, 3.63) is 0 Å². The summed E-state index contributed by atoms with van der Waals surface area (Å²) in [5.41, 5.74) is 0. The summed E-state index contributed by atoms with van der Waals surface area (Å²) in [5, 5.41) is 0. The first-order chi connectivity index (χ1) is 4.00. The average molecular weight is 530 g/mol. The average Bonchev–Trinajstić information content (AvgIpc) is 1.12. The number of hydrogen-bond donors (Lipinski definition) is 4. The van der Waals surface area contributed by atoms with E-state index in [0.717, 1.165) is 0 Å². The molecule has 0 amide bonds. The molecule has 0 rings (SSSR count). The first-order valence-electron chi connectivity index (χ1n) is 1.40. The van der Waals surface area contributed by atoms with Gasteiger partial charge in [-0.3, -0.25) is 18.2 Å². The molecule has 0 saturated heterocycles. The third-order valence-electron chi connectivity index (χ3n) is 0. The molecular formula is H8AuNa3O8S4. The molecule has 0 aliphatic carbocycles. The normalized spacial score (nSPS) is 7.25. The molecule has 0 aromatic heterocycles. The molecule has 0 heterocycles. The molecule has 8 nitrogen and oxygen atoms in total. The van der Waals surface area contributed by atoms with Gasteiger partial charge < -0.3 is 11.0 Å². The molecule has 0 aliphatic heterocycles. The van der Waals surface area contributed by atoms with E-state index in [1.807, 2.05) is 0 Å². The van der Waals surface area contributed by atoms with Gasteiger partial charge in [-0.1, -0.05) is 0 Å². The van der Waals surface area contributed by atoms with Gasteiger partial charge in [0, 0.05) is 133 Å². The fourth-order valence-corrected chi connectivity index (χ4v) is 0. The summed E-state index contributed by atoms with van der Waals surface area (Å²) in [4.78, 5) is 0. The van der Waals surface area contributed by atoms with Gasteiger partial charge in [-0.15, -0.1) is 0 Å². The van der Waals surface area contributed by atoms with E-state index in [1.54, 1.807) is 0 Å². The van der Waals surface area contributed by atoms with Gasteiger partial charge in [0.25, 0.3) is 18.1 Å². The minimum Gasteiger partial charge on any atom is -0.412 e. The van der Waals surface area contributed by atoms with Crippen LogP contribution in [0, 0.1) is 0 Å². The van der Waals surface area contributed by atoms with Gasteiger partial charge in [0.15, 0.2) is 0 Å². The summed E-state index contributed by atoms with van der Waals surface area (Å²) in [6.07, 6.45) is 0. The number of hydrogen-bond acceptors (Lipinski definition) is 4. The molecule has 16 heteroatoms. The molecule has 94 valence electrons. The van der Waals surface area contributed by atoms with Gasteiger partial charge in [-0.2, -0.15) is 8.42 Å². The van der Waals surface area contributed by atoms with Gasteiger partial charge >= 0.3 is 0 Å². The van der Waals surface area contributed by atoms with E-state index in [2.05, 4.69) is 22.4 Å². The molecule has 0 bridgehead atoms. The largest absolute Gasteiger partial charge is 0.412 e. The van der Waals surface area contributed by atoms with E-state index in [1.165, 1.54) is 0 Å². The quantitative estimate of drug-likeness (QED) is 0.234. The van der Waals surface area contributed by atoms with E-state index in [0.29, 0.717) is 0 Å². The summed E-state index contributed by atoms with van der Waals surface area (Å²) < 4.78 is 47.9.